The van der Waals surface area contributed by atoms with Gasteiger partial charge in [0.05, 0.1) is 15.2 Å². The number of nitrogens with zero attached hydrogens (tertiary/aromatic N) is 1. The molecule has 0 aliphatic heterocycles. The maximum absolute atomic E-state index is 11.7. The molecule has 0 aliphatic carbocycles. The Morgan fingerprint density at radius 3 is 2.90 bits per heavy atom. The number of hydrogen-bond donors (Lipinski definition) is 1. The number of carbonyl (C=O) groups excluding carboxylic acids is 1. The molecule has 0 fully saturated rings. The van der Waals surface area contributed by atoms with Gasteiger partial charge in [-0.15, -0.1) is 11.3 Å². The minimum Gasteiger partial charge on any atom is -0.356 e. The topological polar surface area (TPSA) is 42.0 Å². The number of amides is 1. The first-order valence-electron chi connectivity index (χ1n) is 7.40. The molecule has 108 valence electrons. The summed E-state index contributed by atoms with van der Waals surface area (Å²) in [4.78, 5) is 16.3. The molecule has 1 aromatic carbocycles. The Morgan fingerprint density at radius 1 is 1.25 bits per heavy atom. The van der Waals surface area contributed by atoms with E-state index in [-0.39, 0.29) is 5.91 Å². The average molecular weight is 290 g/mol. The summed E-state index contributed by atoms with van der Waals surface area (Å²) in [5.41, 5.74) is 1.03. The van der Waals surface area contributed by atoms with Crippen molar-refractivity contribution < 1.29 is 4.79 Å². The van der Waals surface area contributed by atoms with Crippen LogP contribution < -0.4 is 5.32 Å². The molecule has 0 saturated heterocycles. The molecule has 3 nitrogen and oxygen atoms in total. The molecule has 2 rings (SSSR count). The summed E-state index contributed by atoms with van der Waals surface area (Å²) in [7, 11) is 0. The normalized spacial score (nSPS) is 10.8. The molecule has 0 atom stereocenters. The standard InChI is InChI=1S/C16H22N2OS/c1-2-3-4-7-12-17-15(19)10-11-16-18-13-8-5-6-9-14(13)20-16/h5-6,8-9H,2-4,7,10-12H2,1H3,(H,17,19). The van der Waals surface area contributed by atoms with Crippen molar-refractivity contribution in [2.45, 2.75) is 45.4 Å². The van der Waals surface area contributed by atoms with Crippen LogP contribution in [0, 0.1) is 0 Å². The van der Waals surface area contributed by atoms with E-state index < -0.39 is 0 Å². The van der Waals surface area contributed by atoms with Crippen LogP contribution >= 0.6 is 11.3 Å². The van der Waals surface area contributed by atoms with Gasteiger partial charge in [-0.3, -0.25) is 4.79 Å². The van der Waals surface area contributed by atoms with E-state index in [4.69, 9.17) is 0 Å². The third kappa shape index (κ3) is 4.60. The minimum atomic E-state index is 0.140. The fourth-order valence-corrected chi connectivity index (χ4v) is 3.08. The van der Waals surface area contributed by atoms with Crippen molar-refractivity contribution in [3.8, 4) is 0 Å². The van der Waals surface area contributed by atoms with E-state index in [1.807, 2.05) is 18.2 Å². The highest BCUT2D eigenvalue weighted by molar-refractivity contribution is 7.18. The van der Waals surface area contributed by atoms with Gasteiger partial charge in [-0.25, -0.2) is 4.98 Å². The second kappa shape index (κ2) is 8.00. The molecule has 1 N–H and O–H groups in total. The van der Waals surface area contributed by atoms with E-state index in [1.165, 1.54) is 24.0 Å². The Morgan fingerprint density at radius 2 is 2.10 bits per heavy atom. The van der Waals surface area contributed by atoms with E-state index in [1.54, 1.807) is 11.3 Å². The summed E-state index contributed by atoms with van der Waals surface area (Å²) >= 11 is 1.68. The summed E-state index contributed by atoms with van der Waals surface area (Å²) in [6.45, 7) is 3.00. The largest absolute Gasteiger partial charge is 0.356 e. The van der Waals surface area contributed by atoms with Gasteiger partial charge in [0.1, 0.15) is 0 Å². The Labute approximate surface area is 124 Å². The molecule has 0 spiro atoms. The minimum absolute atomic E-state index is 0.140. The van der Waals surface area contributed by atoms with Crippen LogP contribution in [0.2, 0.25) is 0 Å². The van der Waals surface area contributed by atoms with Crippen LogP contribution in [0.5, 0.6) is 0 Å². The summed E-state index contributed by atoms with van der Waals surface area (Å²) in [5, 5.41) is 4.03. The van der Waals surface area contributed by atoms with Gasteiger partial charge in [-0.05, 0) is 18.6 Å². The highest BCUT2D eigenvalue weighted by Crippen LogP contribution is 2.22. The van der Waals surface area contributed by atoms with Gasteiger partial charge >= 0.3 is 0 Å². The molecule has 1 heterocycles. The second-order valence-electron chi connectivity index (χ2n) is 4.99. The molecule has 4 heteroatoms. The first kappa shape index (κ1) is 15.0. The lowest BCUT2D eigenvalue weighted by atomic mass is 10.2. The molecule has 0 radical (unpaired) electrons. The smallest absolute Gasteiger partial charge is 0.220 e. The lowest BCUT2D eigenvalue weighted by Gasteiger charge is -2.03. The van der Waals surface area contributed by atoms with E-state index in [0.717, 1.165) is 29.9 Å². The molecule has 0 bridgehead atoms. The van der Waals surface area contributed by atoms with E-state index >= 15 is 0 Å². The fraction of sp³-hybridized carbons (Fsp3) is 0.500. The molecule has 20 heavy (non-hydrogen) atoms. The van der Waals surface area contributed by atoms with Crippen molar-refractivity contribution in [3.05, 3.63) is 29.3 Å². The predicted molar refractivity (Wildman–Crippen MR) is 85.1 cm³/mol. The SMILES string of the molecule is CCCCCCNC(=O)CCc1nc2ccccc2s1. The Bertz CT molecular complexity index is 517. The number of aryl methyl sites for hydroxylation is 1. The van der Waals surface area contributed by atoms with Crippen LogP contribution in [0.15, 0.2) is 24.3 Å². The molecule has 0 unspecified atom stereocenters. The maximum Gasteiger partial charge on any atom is 0.220 e. The molecular formula is C16H22N2OS. The van der Waals surface area contributed by atoms with Crippen LogP contribution in [0.1, 0.15) is 44.0 Å². The number of aromatic nitrogens is 1. The molecule has 2 aromatic rings. The Kier molecular flexibility index (Phi) is 5.99. The average Bonchev–Trinajstić information content (AvgIpc) is 2.88. The zero-order chi connectivity index (χ0) is 14.2. The summed E-state index contributed by atoms with van der Waals surface area (Å²) in [6, 6.07) is 8.11. The van der Waals surface area contributed by atoms with Crippen molar-refractivity contribution in [2.24, 2.45) is 0 Å². The fourth-order valence-electron chi connectivity index (χ4n) is 2.12. The molecule has 1 amide bonds. The number of fused-ring (bicyclic) bond motifs is 1. The number of unbranched alkanes of at least 4 members (excludes halogenated alkanes) is 3. The molecular weight excluding hydrogens is 268 g/mol. The number of carbonyl (C=O) groups is 1. The van der Waals surface area contributed by atoms with Gasteiger partial charge in [0, 0.05) is 19.4 Å². The van der Waals surface area contributed by atoms with Gasteiger partial charge < -0.3 is 5.32 Å². The lowest BCUT2D eigenvalue weighted by Crippen LogP contribution is -2.24. The zero-order valence-electron chi connectivity index (χ0n) is 12.0. The van der Waals surface area contributed by atoms with Crippen LogP contribution in [0.25, 0.3) is 10.2 Å². The van der Waals surface area contributed by atoms with Crippen molar-refractivity contribution >= 4 is 27.5 Å². The quantitative estimate of drug-likeness (QED) is 0.749. The van der Waals surface area contributed by atoms with Gasteiger partial charge in [0.2, 0.25) is 5.91 Å². The number of thiazole rings is 1. The molecule has 0 aliphatic rings. The van der Waals surface area contributed by atoms with Gasteiger partial charge in [-0.2, -0.15) is 0 Å². The molecule has 1 aromatic heterocycles. The van der Waals surface area contributed by atoms with Gasteiger partial charge in [-0.1, -0.05) is 38.3 Å². The van der Waals surface area contributed by atoms with Crippen molar-refractivity contribution in [1.29, 1.82) is 0 Å². The Balaban J connectivity index is 1.70. The predicted octanol–water partition coefficient (Wildman–Crippen LogP) is 3.93. The second-order valence-corrected chi connectivity index (χ2v) is 6.10. The van der Waals surface area contributed by atoms with Crippen LogP contribution in [-0.4, -0.2) is 17.4 Å². The zero-order valence-corrected chi connectivity index (χ0v) is 12.8. The number of nitrogens with one attached hydrogen (secondary N) is 1. The first-order valence-corrected chi connectivity index (χ1v) is 8.22. The first-order chi connectivity index (χ1) is 9.79. The third-order valence-corrected chi connectivity index (χ3v) is 4.35. The summed E-state index contributed by atoms with van der Waals surface area (Å²) in [6.07, 6.45) is 6.04. The number of para-hydroxylation sites is 1. The monoisotopic (exact) mass is 290 g/mol. The van der Waals surface area contributed by atoms with Crippen LogP contribution in [-0.2, 0) is 11.2 Å². The van der Waals surface area contributed by atoms with Gasteiger partial charge in [0.25, 0.3) is 0 Å². The summed E-state index contributed by atoms with van der Waals surface area (Å²) in [5.74, 6) is 0.140. The van der Waals surface area contributed by atoms with Crippen LogP contribution in [0.3, 0.4) is 0 Å². The van der Waals surface area contributed by atoms with E-state index in [9.17, 15) is 4.79 Å². The van der Waals surface area contributed by atoms with Crippen molar-refractivity contribution in [2.75, 3.05) is 6.54 Å². The number of benzene rings is 1. The van der Waals surface area contributed by atoms with E-state index in [0.29, 0.717) is 6.42 Å². The highest BCUT2D eigenvalue weighted by Gasteiger charge is 2.06. The third-order valence-electron chi connectivity index (χ3n) is 3.26. The maximum atomic E-state index is 11.7. The van der Waals surface area contributed by atoms with Crippen molar-refractivity contribution in [3.63, 3.8) is 0 Å². The highest BCUT2D eigenvalue weighted by atomic mass is 32.1. The number of hydrogen-bond acceptors (Lipinski definition) is 3. The Hall–Kier alpha value is -1.42. The van der Waals surface area contributed by atoms with Crippen molar-refractivity contribution in [1.82, 2.24) is 10.3 Å². The number of rotatable bonds is 8. The molecule has 0 saturated carbocycles. The summed E-state index contributed by atoms with van der Waals surface area (Å²) < 4.78 is 1.20. The lowest BCUT2D eigenvalue weighted by molar-refractivity contribution is -0.121. The van der Waals surface area contributed by atoms with E-state index in [2.05, 4.69) is 23.3 Å². The van der Waals surface area contributed by atoms with Crippen LogP contribution in [0.4, 0.5) is 0 Å². The van der Waals surface area contributed by atoms with Gasteiger partial charge in [0.15, 0.2) is 0 Å².